The van der Waals surface area contributed by atoms with E-state index in [1.807, 2.05) is 68.4 Å². The number of carbonyl (C=O) groups excluding carboxylic acids is 5. The first-order valence-corrected chi connectivity index (χ1v) is 19.4. The molecule has 15 heteroatoms. The van der Waals surface area contributed by atoms with Crippen LogP contribution in [0.1, 0.15) is 61.0 Å². The molecule has 0 spiro atoms. The van der Waals surface area contributed by atoms with Crippen molar-refractivity contribution in [3.8, 4) is 0 Å². The van der Waals surface area contributed by atoms with Crippen molar-refractivity contribution < 1.29 is 33.8 Å². The van der Waals surface area contributed by atoms with E-state index in [2.05, 4.69) is 26.0 Å². The monoisotopic (exact) mass is 766 g/mol. The third kappa shape index (κ3) is 8.79. The summed E-state index contributed by atoms with van der Waals surface area (Å²) in [5, 5.41) is 25.6. The molecule has 6 atom stereocenters. The molecule has 15 nitrogen and oxygen atoms in total. The molecule has 5 amide bonds. The van der Waals surface area contributed by atoms with Crippen LogP contribution in [0.15, 0.2) is 73.2 Å². The number of ether oxygens (including phenoxy) is 1. The zero-order chi connectivity index (χ0) is 39.3. The van der Waals surface area contributed by atoms with Crippen molar-refractivity contribution >= 4 is 40.4 Å². The summed E-state index contributed by atoms with van der Waals surface area (Å²) in [6.45, 7) is 4.13. The molecule has 3 fully saturated rings. The normalized spacial score (nSPS) is 25.4. The predicted octanol–water partition coefficient (Wildman–Crippen LogP) is 1.75. The number of rotatable bonds is 7. The number of hydrogen-bond donors (Lipinski definition) is 5. The van der Waals surface area contributed by atoms with Crippen molar-refractivity contribution in [3.05, 3.63) is 89.9 Å². The fourth-order valence-electron chi connectivity index (χ4n) is 8.03. The number of aliphatic hydroxyl groups is 1. The zero-order valence-corrected chi connectivity index (χ0v) is 31.7. The molecule has 2 aromatic heterocycles. The van der Waals surface area contributed by atoms with Crippen molar-refractivity contribution in [1.29, 1.82) is 0 Å². The summed E-state index contributed by atoms with van der Waals surface area (Å²) in [6, 6.07) is 13.7. The number of aromatic amines is 1. The van der Waals surface area contributed by atoms with Gasteiger partial charge in [0.25, 0.3) is 5.91 Å². The van der Waals surface area contributed by atoms with Gasteiger partial charge in [0.15, 0.2) is 0 Å². The summed E-state index contributed by atoms with van der Waals surface area (Å²) in [5.74, 6) is -2.43. The van der Waals surface area contributed by atoms with E-state index in [1.54, 1.807) is 17.1 Å². The maximum atomic E-state index is 14.5. The van der Waals surface area contributed by atoms with Gasteiger partial charge < -0.3 is 40.6 Å². The SMILES string of the molecule is CC(C)C[C@H]1NC(=O)[C@H]2CCCN2C(=O)[C@@H](Cc2c[nH]c3ccccc23)NC(=O)CN(C(=O)c2cnn(Cc3ccccc3)c2)C[C@H]2OCC[C@H](NC1=O)[C@@H]2O. The quantitative estimate of drug-likeness (QED) is 0.188. The van der Waals surface area contributed by atoms with Gasteiger partial charge in [-0.2, -0.15) is 5.10 Å². The van der Waals surface area contributed by atoms with Gasteiger partial charge in [-0.25, -0.2) is 0 Å². The Morgan fingerprint density at radius 1 is 0.964 bits per heavy atom. The first-order valence-electron chi connectivity index (χ1n) is 19.4. The molecular formula is C41H50N8O7. The largest absolute Gasteiger partial charge is 0.388 e. The van der Waals surface area contributed by atoms with Crippen LogP contribution in [0.4, 0.5) is 0 Å². The number of H-pyrrole nitrogens is 1. The Morgan fingerprint density at radius 2 is 1.75 bits per heavy atom. The first kappa shape index (κ1) is 38.7. The van der Waals surface area contributed by atoms with Gasteiger partial charge in [-0.3, -0.25) is 28.7 Å². The Labute approximate surface area is 325 Å². The lowest BCUT2D eigenvalue weighted by molar-refractivity contribution is -0.142. The third-order valence-corrected chi connectivity index (χ3v) is 10.9. The minimum atomic E-state index is -1.24. The Bertz CT molecular complexity index is 2050. The number of amides is 5. The van der Waals surface area contributed by atoms with Crippen LogP contribution in [0, 0.1) is 5.92 Å². The highest BCUT2D eigenvalue weighted by atomic mass is 16.5. The highest BCUT2D eigenvalue weighted by Crippen LogP contribution is 2.24. The van der Waals surface area contributed by atoms with Crippen LogP contribution in [-0.2, 0) is 36.9 Å². The van der Waals surface area contributed by atoms with Crippen LogP contribution in [0.3, 0.4) is 0 Å². The highest BCUT2D eigenvalue weighted by Gasteiger charge is 2.42. The second kappa shape index (κ2) is 17.1. The molecule has 296 valence electrons. The second-order valence-corrected chi connectivity index (χ2v) is 15.5. The fraction of sp³-hybridized carbons (Fsp3) is 0.463. The summed E-state index contributed by atoms with van der Waals surface area (Å²) >= 11 is 0. The Kier molecular flexibility index (Phi) is 11.8. The minimum Gasteiger partial charge on any atom is -0.388 e. The number of aromatic nitrogens is 3. The van der Waals surface area contributed by atoms with Gasteiger partial charge in [-0.1, -0.05) is 62.4 Å². The minimum absolute atomic E-state index is 0.0428. The molecule has 0 unspecified atom stereocenters. The number of aliphatic hydroxyl groups excluding tert-OH is 1. The lowest BCUT2D eigenvalue weighted by Crippen LogP contribution is -2.60. The van der Waals surface area contributed by atoms with E-state index in [9.17, 15) is 29.1 Å². The molecule has 2 bridgehead atoms. The Morgan fingerprint density at radius 3 is 2.55 bits per heavy atom. The van der Waals surface area contributed by atoms with Gasteiger partial charge >= 0.3 is 0 Å². The van der Waals surface area contributed by atoms with Crippen molar-refractivity contribution in [2.24, 2.45) is 5.92 Å². The smallest absolute Gasteiger partial charge is 0.257 e. The average Bonchev–Trinajstić information content (AvgIpc) is 3.96. The van der Waals surface area contributed by atoms with Gasteiger partial charge in [0.1, 0.15) is 30.3 Å². The summed E-state index contributed by atoms with van der Waals surface area (Å²) in [5.41, 5.74) is 2.87. The van der Waals surface area contributed by atoms with Gasteiger partial charge in [-0.15, -0.1) is 0 Å². The summed E-state index contributed by atoms with van der Waals surface area (Å²) in [4.78, 5) is 76.7. The van der Waals surface area contributed by atoms with Crippen LogP contribution in [0.25, 0.3) is 10.9 Å². The molecule has 56 heavy (non-hydrogen) atoms. The molecule has 5 heterocycles. The van der Waals surface area contributed by atoms with E-state index in [-0.39, 0.29) is 31.1 Å². The van der Waals surface area contributed by atoms with E-state index in [0.29, 0.717) is 38.8 Å². The third-order valence-electron chi connectivity index (χ3n) is 10.9. The number of hydrogen-bond acceptors (Lipinski definition) is 8. The molecular weight excluding hydrogens is 716 g/mol. The van der Waals surface area contributed by atoms with Crippen LogP contribution < -0.4 is 16.0 Å². The number of carbonyl (C=O) groups is 5. The first-order chi connectivity index (χ1) is 27.0. The van der Waals surface area contributed by atoms with E-state index in [4.69, 9.17) is 4.74 Å². The summed E-state index contributed by atoms with van der Waals surface area (Å²) in [7, 11) is 0. The molecule has 7 rings (SSSR count). The van der Waals surface area contributed by atoms with Gasteiger partial charge in [0.05, 0.1) is 37.4 Å². The van der Waals surface area contributed by atoms with Gasteiger partial charge in [0, 0.05) is 42.9 Å². The molecule has 3 aliphatic rings. The summed E-state index contributed by atoms with van der Waals surface area (Å²) < 4.78 is 7.61. The number of nitrogens with one attached hydrogen (secondary N) is 4. The molecule has 4 aromatic rings. The fourth-order valence-corrected chi connectivity index (χ4v) is 8.03. The number of benzene rings is 2. The van der Waals surface area contributed by atoms with Crippen LogP contribution in [-0.4, -0.2) is 122 Å². The van der Waals surface area contributed by atoms with Crippen LogP contribution in [0.2, 0.25) is 0 Å². The zero-order valence-electron chi connectivity index (χ0n) is 31.7. The van der Waals surface area contributed by atoms with Crippen LogP contribution >= 0.6 is 0 Å². The topological polar surface area (TPSA) is 191 Å². The highest BCUT2D eigenvalue weighted by molar-refractivity contribution is 5.98. The summed E-state index contributed by atoms with van der Waals surface area (Å²) in [6.07, 6.45) is 4.34. The molecule has 0 aliphatic carbocycles. The molecule has 2 aromatic carbocycles. The van der Waals surface area contributed by atoms with E-state index >= 15 is 0 Å². The number of fused-ring (bicyclic) bond motifs is 4. The number of nitrogens with zero attached hydrogens (tertiary/aromatic N) is 4. The molecule has 0 saturated carbocycles. The molecule has 0 radical (unpaired) electrons. The van der Waals surface area contributed by atoms with Crippen LogP contribution in [0.5, 0.6) is 0 Å². The van der Waals surface area contributed by atoms with Gasteiger partial charge in [0.2, 0.25) is 23.6 Å². The molecule has 5 N–H and O–H groups in total. The van der Waals surface area contributed by atoms with Crippen molar-refractivity contribution in [2.45, 2.75) is 88.9 Å². The van der Waals surface area contributed by atoms with E-state index < -0.39 is 72.5 Å². The Hall–Kier alpha value is -5.54. The van der Waals surface area contributed by atoms with E-state index in [1.165, 1.54) is 16.0 Å². The average molecular weight is 767 g/mol. The standard InChI is InChI=1S/C41H50N8O7/c1-25(2)17-32-38(52)45-31-14-16-56-35(37(31)51)23-47(40(54)28-20-43-48(22-28)21-26-9-4-3-5-10-26)24-36(50)44-33(18-27-19-42-30-12-7-6-11-29(27)30)41(55)49-15-8-13-34(49)39(53)46-32/h3-7,9-12,19-20,22,25,31-35,37,42,51H,8,13-18,21,23-24H2,1-2H3,(H,44,50)(H,45,52)(H,46,53)/t31-,32+,33+,34+,35+,37-/m0/s1. The van der Waals surface area contributed by atoms with Gasteiger partial charge in [-0.05, 0) is 48.8 Å². The molecule has 3 aliphatic heterocycles. The van der Waals surface area contributed by atoms with Crippen molar-refractivity contribution in [1.82, 2.24) is 40.5 Å². The van der Waals surface area contributed by atoms with Crippen molar-refractivity contribution in [2.75, 3.05) is 26.2 Å². The lowest BCUT2D eigenvalue weighted by atomic mass is 9.97. The van der Waals surface area contributed by atoms with E-state index in [0.717, 1.165) is 22.0 Å². The second-order valence-electron chi connectivity index (χ2n) is 15.5. The van der Waals surface area contributed by atoms with Crippen molar-refractivity contribution in [3.63, 3.8) is 0 Å². The Balaban J connectivity index is 1.22. The molecule has 3 saturated heterocycles. The maximum absolute atomic E-state index is 14.5. The number of para-hydroxylation sites is 1. The maximum Gasteiger partial charge on any atom is 0.257 e. The predicted molar refractivity (Wildman–Crippen MR) is 206 cm³/mol. The lowest BCUT2D eigenvalue weighted by Gasteiger charge is -2.38.